The summed E-state index contributed by atoms with van der Waals surface area (Å²) < 4.78 is 0. The van der Waals surface area contributed by atoms with Crippen LogP contribution in [0.25, 0.3) is 0 Å². The molecule has 0 heterocycles. The molecule has 0 aliphatic carbocycles. The van der Waals surface area contributed by atoms with E-state index in [1.165, 1.54) is 0 Å². The lowest BCUT2D eigenvalue weighted by Gasteiger charge is -1.99. The summed E-state index contributed by atoms with van der Waals surface area (Å²) in [5, 5.41) is -0.109. The maximum Gasteiger partial charge on any atom is 0.239 e. The number of halogens is 3. The number of hydrogen-bond donors (Lipinski definition) is 0. The number of rotatable bonds is 4. The third-order valence-electron chi connectivity index (χ3n) is 0.837. The summed E-state index contributed by atoms with van der Waals surface area (Å²) in [6.07, 6.45) is 1.53. The van der Waals surface area contributed by atoms with Gasteiger partial charge in [-0.3, -0.25) is 4.79 Å². The Hall–Kier alpha value is 0.730. The van der Waals surface area contributed by atoms with Crippen LogP contribution in [0, 0.1) is 0 Å². The third-order valence-corrected chi connectivity index (χ3v) is 2.19. The molecule has 0 aliphatic rings. The molecule has 0 saturated heterocycles. The van der Waals surface area contributed by atoms with Crippen LogP contribution >= 0.6 is 39.1 Å². The highest BCUT2D eigenvalue weighted by atomic mass is 79.9. The normalized spacial score (nSPS) is 13.2. The quantitative estimate of drug-likeness (QED) is 0.539. The fourth-order valence-corrected chi connectivity index (χ4v) is 0.957. The molecule has 54 valence electrons. The Bertz CT molecular complexity index is 97.0. The molecule has 4 heteroatoms. The molecule has 0 aliphatic heterocycles. The van der Waals surface area contributed by atoms with Gasteiger partial charge in [0.25, 0.3) is 0 Å². The monoisotopic (exact) mass is 232 g/mol. The summed E-state index contributed by atoms with van der Waals surface area (Å²) in [6.45, 7) is 0. The molecule has 0 bridgehead atoms. The molecular weight excluding hydrogens is 227 g/mol. The first kappa shape index (κ1) is 9.73. The largest absolute Gasteiger partial charge is 0.280 e. The molecule has 0 aromatic rings. The standard InChI is InChI=1S/C5H7BrCl2O/c6-3-1-2-4(7)5(8)9/h4H,1-3H2. The summed E-state index contributed by atoms with van der Waals surface area (Å²) in [7, 11) is 0. The molecule has 1 unspecified atom stereocenters. The van der Waals surface area contributed by atoms with E-state index in [1.807, 2.05) is 0 Å². The Labute approximate surface area is 72.8 Å². The molecule has 0 saturated carbocycles. The van der Waals surface area contributed by atoms with E-state index < -0.39 is 10.6 Å². The van der Waals surface area contributed by atoms with Crippen LogP contribution in [-0.2, 0) is 4.79 Å². The van der Waals surface area contributed by atoms with Crippen LogP contribution in [0.1, 0.15) is 12.8 Å². The van der Waals surface area contributed by atoms with Crippen LogP contribution in [-0.4, -0.2) is 15.9 Å². The summed E-state index contributed by atoms with van der Waals surface area (Å²) in [6, 6.07) is 0. The lowest BCUT2D eigenvalue weighted by molar-refractivity contribution is -0.111. The highest BCUT2D eigenvalue weighted by Gasteiger charge is 2.10. The van der Waals surface area contributed by atoms with Crippen LogP contribution in [0.5, 0.6) is 0 Å². The fraction of sp³-hybridized carbons (Fsp3) is 0.800. The van der Waals surface area contributed by atoms with Gasteiger partial charge in [0.05, 0.1) is 0 Å². The topological polar surface area (TPSA) is 17.1 Å². The average molecular weight is 234 g/mol. The zero-order chi connectivity index (χ0) is 7.28. The van der Waals surface area contributed by atoms with Crippen molar-refractivity contribution in [3.8, 4) is 0 Å². The zero-order valence-corrected chi connectivity index (χ0v) is 7.84. The van der Waals surface area contributed by atoms with Crippen molar-refractivity contribution in [2.45, 2.75) is 18.2 Å². The first-order valence-electron chi connectivity index (χ1n) is 2.58. The van der Waals surface area contributed by atoms with E-state index in [0.29, 0.717) is 6.42 Å². The molecule has 0 fully saturated rings. The minimum Gasteiger partial charge on any atom is -0.280 e. The molecule has 0 aromatic heterocycles. The van der Waals surface area contributed by atoms with Crippen molar-refractivity contribution < 1.29 is 4.79 Å². The Morgan fingerprint density at radius 1 is 1.67 bits per heavy atom. The second-order valence-corrected chi connectivity index (χ2v) is 3.30. The number of hydrogen-bond acceptors (Lipinski definition) is 1. The van der Waals surface area contributed by atoms with Crippen molar-refractivity contribution in [1.29, 1.82) is 0 Å². The van der Waals surface area contributed by atoms with Gasteiger partial charge in [-0.1, -0.05) is 15.9 Å². The van der Waals surface area contributed by atoms with Crippen molar-refractivity contribution in [3.63, 3.8) is 0 Å². The molecule has 9 heavy (non-hydrogen) atoms. The van der Waals surface area contributed by atoms with Gasteiger partial charge in [-0.15, -0.1) is 11.6 Å². The second-order valence-electron chi connectivity index (χ2n) is 1.60. The minimum atomic E-state index is -0.510. The van der Waals surface area contributed by atoms with Gasteiger partial charge < -0.3 is 0 Å². The van der Waals surface area contributed by atoms with E-state index in [9.17, 15) is 4.79 Å². The Kier molecular flexibility index (Phi) is 5.96. The molecule has 0 N–H and O–H groups in total. The Balaban J connectivity index is 3.27. The van der Waals surface area contributed by atoms with E-state index in [4.69, 9.17) is 23.2 Å². The van der Waals surface area contributed by atoms with Crippen LogP contribution < -0.4 is 0 Å². The van der Waals surface area contributed by atoms with Crippen molar-refractivity contribution >= 4 is 44.4 Å². The van der Waals surface area contributed by atoms with Crippen LogP contribution in [0.2, 0.25) is 0 Å². The van der Waals surface area contributed by atoms with Crippen molar-refractivity contribution in [2.24, 2.45) is 0 Å². The molecule has 0 amide bonds. The maximum atomic E-state index is 10.3. The SMILES string of the molecule is O=C(Cl)C(Cl)CCCBr. The number of carbonyl (C=O) groups excluding carboxylic acids is 1. The van der Waals surface area contributed by atoms with Gasteiger partial charge in [0, 0.05) is 5.33 Å². The number of carbonyl (C=O) groups is 1. The molecule has 0 rings (SSSR count). The van der Waals surface area contributed by atoms with E-state index in [1.54, 1.807) is 0 Å². The van der Waals surface area contributed by atoms with Gasteiger partial charge in [0.2, 0.25) is 5.24 Å². The van der Waals surface area contributed by atoms with Crippen LogP contribution in [0.15, 0.2) is 0 Å². The van der Waals surface area contributed by atoms with Crippen molar-refractivity contribution in [1.82, 2.24) is 0 Å². The Morgan fingerprint density at radius 3 is 2.56 bits per heavy atom. The second kappa shape index (κ2) is 5.51. The van der Waals surface area contributed by atoms with E-state index in [-0.39, 0.29) is 0 Å². The van der Waals surface area contributed by atoms with Gasteiger partial charge in [-0.2, -0.15) is 0 Å². The molecular formula is C5H7BrCl2O. The number of alkyl halides is 2. The first-order valence-corrected chi connectivity index (χ1v) is 4.51. The highest BCUT2D eigenvalue weighted by molar-refractivity contribution is 9.09. The van der Waals surface area contributed by atoms with Crippen molar-refractivity contribution in [3.05, 3.63) is 0 Å². The maximum absolute atomic E-state index is 10.3. The first-order chi connectivity index (χ1) is 4.18. The molecule has 0 radical (unpaired) electrons. The van der Waals surface area contributed by atoms with Gasteiger partial charge in [0.1, 0.15) is 5.38 Å². The van der Waals surface area contributed by atoms with Gasteiger partial charge >= 0.3 is 0 Å². The molecule has 0 aromatic carbocycles. The average Bonchev–Trinajstić information content (AvgIpc) is 1.82. The molecule has 0 spiro atoms. The van der Waals surface area contributed by atoms with Gasteiger partial charge in [-0.05, 0) is 24.4 Å². The predicted octanol–water partition coefficient (Wildman–Crippen LogP) is 2.53. The Morgan fingerprint density at radius 2 is 2.22 bits per heavy atom. The summed E-state index contributed by atoms with van der Waals surface area (Å²) >= 11 is 13.8. The smallest absolute Gasteiger partial charge is 0.239 e. The van der Waals surface area contributed by atoms with Crippen molar-refractivity contribution in [2.75, 3.05) is 5.33 Å². The molecule has 1 nitrogen and oxygen atoms in total. The van der Waals surface area contributed by atoms with E-state index >= 15 is 0 Å². The summed E-state index contributed by atoms with van der Waals surface area (Å²) in [5.74, 6) is 0. The summed E-state index contributed by atoms with van der Waals surface area (Å²) in [4.78, 5) is 10.3. The molecule has 1 atom stereocenters. The lowest BCUT2D eigenvalue weighted by Crippen LogP contribution is -2.07. The van der Waals surface area contributed by atoms with Gasteiger partial charge in [0.15, 0.2) is 0 Å². The van der Waals surface area contributed by atoms with E-state index in [0.717, 1.165) is 11.8 Å². The minimum absolute atomic E-state index is 0.461. The lowest BCUT2D eigenvalue weighted by atomic mass is 10.3. The third kappa shape index (κ3) is 5.19. The van der Waals surface area contributed by atoms with E-state index in [2.05, 4.69) is 15.9 Å². The van der Waals surface area contributed by atoms with Crippen LogP contribution in [0.3, 0.4) is 0 Å². The predicted molar refractivity (Wildman–Crippen MR) is 43.5 cm³/mol. The summed E-state index contributed by atoms with van der Waals surface area (Å²) in [5.41, 5.74) is 0. The highest BCUT2D eigenvalue weighted by Crippen LogP contribution is 2.09. The fourth-order valence-electron chi connectivity index (χ4n) is 0.370. The van der Waals surface area contributed by atoms with Gasteiger partial charge in [-0.25, -0.2) is 0 Å². The van der Waals surface area contributed by atoms with Crippen LogP contribution in [0.4, 0.5) is 0 Å². The zero-order valence-electron chi connectivity index (χ0n) is 4.74.